The molecular weight excluding hydrogens is 819 g/mol. The topological polar surface area (TPSA) is 77.6 Å². The molecule has 0 amide bonds. The molecule has 312 valence electrons. The molecule has 0 saturated carbocycles. The van der Waals surface area contributed by atoms with Crippen LogP contribution in [0.1, 0.15) is 0 Å². The van der Waals surface area contributed by atoms with Gasteiger partial charge in [0.25, 0.3) is 0 Å². The van der Waals surface area contributed by atoms with Crippen LogP contribution in [0.4, 0.5) is 0 Å². The Labute approximate surface area is 385 Å². The molecule has 0 saturated heterocycles. The summed E-state index contributed by atoms with van der Waals surface area (Å²) in [6.45, 7) is 0. The molecule has 0 radical (unpaired) electrons. The number of oxazole rings is 1. The Kier molecular flexibility index (Phi) is 9.06. The van der Waals surface area contributed by atoms with Crippen molar-refractivity contribution in [2.24, 2.45) is 0 Å². The third-order valence-corrected chi connectivity index (χ3v) is 13.0. The van der Waals surface area contributed by atoms with E-state index in [1.807, 2.05) is 73.8 Å². The summed E-state index contributed by atoms with van der Waals surface area (Å²) in [5.41, 5.74) is 14.8. The lowest BCUT2D eigenvalue weighted by molar-refractivity contribution is 0.620. The van der Waals surface area contributed by atoms with Gasteiger partial charge in [0.05, 0.1) is 0 Å². The monoisotopic (exact) mass is 855 g/mol. The normalized spacial score (nSPS) is 11.6. The zero-order chi connectivity index (χ0) is 44.3. The van der Waals surface area contributed by atoms with Crippen molar-refractivity contribution in [1.82, 2.24) is 24.9 Å². The first kappa shape index (κ1) is 38.3. The van der Waals surface area contributed by atoms with Crippen molar-refractivity contribution in [3.63, 3.8) is 0 Å². The van der Waals surface area contributed by atoms with Crippen LogP contribution in [0.5, 0.6) is 0 Å². The number of fused-ring (bicyclic) bond motifs is 5. The van der Waals surface area contributed by atoms with Crippen LogP contribution in [0.25, 0.3) is 132 Å². The van der Waals surface area contributed by atoms with E-state index in [1.165, 1.54) is 0 Å². The fraction of sp³-hybridized carbons (Fsp3) is 0. The maximum absolute atomic E-state index is 6.69. The highest BCUT2D eigenvalue weighted by atomic mass is 16.3. The molecule has 0 aliphatic rings. The van der Waals surface area contributed by atoms with Gasteiger partial charge >= 0.3 is 0 Å². The molecule has 8 aromatic carbocycles. The lowest BCUT2D eigenvalue weighted by Gasteiger charge is -2.17. The first-order chi connectivity index (χ1) is 33.2. The maximum atomic E-state index is 6.69. The van der Waals surface area contributed by atoms with Gasteiger partial charge in [0.1, 0.15) is 5.52 Å². The molecule has 5 heterocycles. The van der Waals surface area contributed by atoms with Gasteiger partial charge in [0, 0.05) is 98.9 Å². The van der Waals surface area contributed by atoms with Gasteiger partial charge in [-0.15, -0.1) is 0 Å². The molecule has 13 rings (SSSR count). The third-order valence-electron chi connectivity index (χ3n) is 13.0. The second-order valence-electron chi connectivity index (χ2n) is 17.0. The van der Waals surface area contributed by atoms with E-state index in [9.17, 15) is 0 Å². The third kappa shape index (κ3) is 6.78. The highest BCUT2D eigenvalue weighted by Gasteiger charge is 2.20. The van der Waals surface area contributed by atoms with E-state index in [-0.39, 0.29) is 0 Å². The van der Waals surface area contributed by atoms with Crippen LogP contribution in [0.2, 0.25) is 0 Å². The first-order valence-electron chi connectivity index (χ1n) is 22.3. The molecule has 13 aromatic rings. The van der Waals surface area contributed by atoms with Gasteiger partial charge in [-0.3, -0.25) is 19.9 Å². The minimum absolute atomic E-state index is 0.538. The standard InChI is InChI=1S/C61H37N5O/c1-5-15-49-39(11-1)30-62-34-55(49)45-23-43(24-46(27-45)56-35-63-31-40-12-2-6-16-50(40)56)38-21-22-53(54(29-38)61-66-59-19-9-10-20-60(59)67-61)44-25-47(57-36-64-32-41-13-3-7-17-51(41)57)28-48(26-44)58-37-65-33-42-14-4-8-18-52(42)58/h1-37H. The van der Waals surface area contributed by atoms with E-state index in [4.69, 9.17) is 29.3 Å². The lowest BCUT2D eigenvalue weighted by Crippen LogP contribution is -1.93. The number of hydrogen-bond acceptors (Lipinski definition) is 6. The summed E-state index contributed by atoms with van der Waals surface area (Å²) >= 11 is 0. The van der Waals surface area contributed by atoms with Gasteiger partial charge in [-0.05, 0) is 121 Å². The average molecular weight is 856 g/mol. The number of aromatic nitrogens is 5. The molecule has 0 unspecified atom stereocenters. The molecule has 5 aromatic heterocycles. The molecular formula is C61H37N5O. The molecule has 0 atom stereocenters. The number of pyridine rings is 4. The van der Waals surface area contributed by atoms with Gasteiger partial charge in [0.2, 0.25) is 5.89 Å². The van der Waals surface area contributed by atoms with Crippen molar-refractivity contribution in [3.8, 4) is 78.2 Å². The van der Waals surface area contributed by atoms with Crippen molar-refractivity contribution in [2.75, 3.05) is 0 Å². The van der Waals surface area contributed by atoms with Crippen molar-refractivity contribution < 1.29 is 4.42 Å². The van der Waals surface area contributed by atoms with Gasteiger partial charge < -0.3 is 4.42 Å². The van der Waals surface area contributed by atoms with Crippen LogP contribution >= 0.6 is 0 Å². The van der Waals surface area contributed by atoms with Gasteiger partial charge in [-0.2, -0.15) is 0 Å². The van der Waals surface area contributed by atoms with Crippen LogP contribution in [-0.2, 0) is 0 Å². The maximum Gasteiger partial charge on any atom is 0.227 e. The fourth-order valence-corrected chi connectivity index (χ4v) is 9.73. The molecule has 6 heteroatoms. The fourth-order valence-electron chi connectivity index (χ4n) is 9.73. The van der Waals surface area contributed by atoms with E-state index in [0.29, 0.717) is 5.89 Å². The number of rotatable bonds is 7. The highest BCUT2D eigenvalue weighted by Crippen LogP contribution is 2.44. The van der Waals surface area contributed by atoms with Crippen molar-refractivity contribution >= 4 is 54.2 Å². The van der Waals surface area contributed by atoms with Gasteiger partial charge in [-0.25, -0.2) is 4.98 Å². The predicted molar refractivity (Wildman–Crippen MR) is 273 cm³/mol. The van der Waals surface area contributed by atoms with Gasteiger partial charge in [0.15, 0.2) is 5.58 Å². The molecule has 0 spiro atoms. The minimum atomic E-state index is 0.538. The molecule has 0 aliphatic heterocycles. The number of hydrogen-bond donors (Lipinski definition) is 0. The Morgan fingerprint density at radius 3 is 1.07 bits per heavy atom. The Bertz CT molecular complexity index is 3830. The van der Waals surface area contributed by atoms with E-state index in [1.54, 1.807) is 0 Å². The minimum Gasteiger partial charge on any atom is -0.436 e. The van der Waals surface area contributed by atoms with Gasteiger partial charge in [-0.1, -0.05) is 121 Å². The Morgan fingerprint density at radius 1 is 0.269 bits per heavy atom. The highest BCUT2D eigenvalue weighted by molar-refractivity contribution is 6.03. The lowest BCUT2D eigenvalue weighted by atomic mass is 9.87. The van der Waals surface area contributed by atoms with Crippen LogP contribution in [-0.4, -0.2) is 24.9 Å². The quantitative estimate of drug-likeness (QED) is 0.159. The number of nitrogens with zero attached hydrogens (tertiary/aromatic N) is 5. The Hall–Kier alpha value is -9.13. The summed E-state index contributed by atoms with van der Waals surface area (Å²) in [6.07, 6.45) is 15.6. The molecule has 0 N–H and O–H groups in total. The Morgan fingerprint density at radius 2 is 0.642 bits per heavy atom. The SMILES string of the molecule is c1ccc2c(-c3cc(-c4ccc(-c5cc(-c6cncc7ccccc67)cc(-c6cncc7ccccc67)c5)c(-c5nc6ccccc6o5)c4)cc(-c4cncc5ccccc45)c3)cncc2c1. The largest absolute Gasteiger partial charge is 0.436 e. The Balaban J connectivity index is 1.07. The van der Waals surface area contributed by atoms with Crippen LogP contribution < -0.4 is 0 Å². The van der Waals surface area contributed by atoms with Crippen molar-refractivity contribution in [2.45, 2.75) is 0 Å². The summed E-state index contributed by atoms with van der Waals surface area (Å²) in [7, 11) is 0. The van der Waals surface area contributed by atoms with E-state index in [0.717, 1.165) is 127 Å². The molecule has 6 nitrogen and oxygen atoms in total. The summed E-state index contributed by atoms with van der Waals surface area (Å²) < 4.78 is 6.69. The van der Waals surface area contributed by atoms with E-state index < -0.39 is 0 Å². The summed E-state index contributed by atoms with van der Waals surface area (Å²) in [5, 5.41) is 8.86. The summed E-state index contributed by atoms with van der Waals surface area (Å²) in [4.78, 5) is 24.0. The number of benzene rings is 8. The van der Waals surface area contributed by atoms with E-state index >= 15 is 0 Å². The smallest absolute Gasteiger partial charge is 0.227 e. The predicted octanol–water partition coefficient (Wildman–Crippen LogP) is 15.7. The molecule has 0 fully saturated rings. The molecule has 0 aliphatic carbocycles. The van der Waals surface area contributed by atoms with E-state index in [2.05, 4.69) is 152 Å². The van der Waals surface area contributed by atoms with Crippen LogP contribution in [0, 0.1) is 0 Å². The number of para-hydroxylation sites is 2. The van der Waals surface area contributed by atoms with Crippen molar-refractivity contribution in [1.29, 1.82) is 0 Å². The zero-order valence-electron chi connectivity index (χ0n) is 36.0. The van der Waals surface area contributed by atoms with Crippen molar-refractivity contribution in [3.05, 3.63) is 225 Å². The summed E-state index contributed by atoms with van der Waals surface area (Å²) in [5.74, 6) is 0.538. The average Bonchev–Trinajstić information content (AvgIpc) is 3.84. The summed E-state index contributed by atoms with van der Waals surface area (Å²) in [6, 6.07) is 62.0. The molecule has 0 bridgehead atoms. The van der Waals surface area contributed by atoms with Crippen LogP contribution in [0.15, 0.2) is 230 Å². The molecule has 67 heavy (non-hydrogen) atoms. The second-order valence-corrected chi connectivity index (χ2v) is 17.0. The zero-order valence-corrected chi connectivity index (χ0v) is 36.0. The first-order valence-corrected chi connectivity index (χ1v) is 22.3. The second kappa shape index (κ2) is 15.8. The van der Waals surface area contributed by atoms with Crippen LogP contribution in [0.3, 0.4) is 0 Å².